The van der Waals surface area contributed by atoms with Gasteiger partial charge in [0.15, 0.2) is 5.16 Å². The van der Waals surface area contributed by atoms with E-state index in [0.717, 1.165) is 9.35 Å². The molecule has 2 aromatic heterocycles. The molecule has 0 saturated carbocycles. The van der Waals surface area contributed by atoms with Crippen LogP contribution in [0.3, 0.4) is 0 Å². The van der Waals surface area contributed by atoms with Crippen LogP contribution in [0.1, 0.15) is 17.1 Å². The zero-order valence-corrected chi connectivity index (χ0v) is 13.4. The number of thioether (sulfide) groups is 1. The topological polar surface area (TPSA) is 104 Å². The number of thiophene rings is 1. The van der Waals surface area contributed by atoms with Gasteiger partial charge in [-0.1, -0.05) is 11.8 Å². The molecule has 0 fully saturated rings. The van der Waals surface area contributed by atoms with Crippen molar-refractivity contribution in [1.29, 1.82) is 0 Å². The first-order valence-corrected chi connectivity index (χ1v) is 8.07. The standard InChI is InChI=1S/C11H14BrN5S2/c1-5(13)10(7-2-6(12)4-18-7)19-11-16-8(14)3-9(15)17-11/h2-5,10H,13H2,1H3,(H4,14,15,16,17). The van der Waals surface area contributed by atoms with E-state index in [1.807, 2.05) is 12.3 Å². The van der Waals surface area contributed by atoms with Crippen LogP contribution in [0.15, 0.2) is 27.1 Å². The van der Waals surface area contributed by atoms with E-state index >= 15 is 0 Å². The Bertz CT molecular complexity index is 552. The highest BCUT2D eigenvalue weighted by molar-refractivity contribution is 9.10. The van der Waals surface area contributed by atoms with Crippen LogP contribution in [0.5, 0.6) is 0 Å². The Kier molecular flexibility index (Phi) is 4.67. The average Bonchev–Trinajstić information content (AvgIpc) is 2.70. The molecule has 2 rings (SSSR count). The van der Waals surface area contributed by atoms with Crippen LogP contribution >= 0.6 is 39.0 Å². The molecular formula is C11H14BrN5S2. The lowest BCUT2D eigenvalue weighted by Crippen LogP contribution is -2.22. The van der Waals surface area contributed by atoms with E-state index in [9.17, 15) is 0 Å². The van der Waals surface area contributed by atoms with Crippen molar-refractivity contribution in [2.45, 2.75) is 23.4 Å². The Morgan fingerprint density at radius 3 is 2.37 bits per heavy atom. The maximum absolute atomic E-state index is 6.05. The van der Waals surface area contributed by atoms with Crippen LogP contribution in [0.25, 0.3) is 0 Å². The van der Waals surface area contributed by atoms with Crippen LogP contribution in [-0.4, -0.2) is 16.0 Å². The number of hydrogen-bond acceptors (Lipinski definition) is 7. The molecule has 2 heterocycles. The van der Waals surface area contributed by atoms with Crippen molar-refractivity contribution in [1.82, 2.24) is 9.97 Å². The number of halogens is 1. The molecule has 0 aliphatic carbocycles. The van der Waals surface area contributed by atoms with Crippen molar-refractivity contribution in [2.24, 2.45) is 5.73 Å². The van der Waals surface area contributed by atoms with Gasteiger partial charge in [-0.2, -0.15) is 0 Å². The summed E-state index contributed by atoms with van der Waals surface area (Å²) in [7, 11) is 0. The quantitative estimate of drug-likeness (QED) is 0.572. The Morgan fingerprint density at radius 2 is 1.89 bits per heavy atom. The summed E-state index contributed by atoms with van der Waals surface area (Å²) in [6, 6.07) is 3.55. The van der Waals surface area contributed by atoms with Crippen LogP contribution in [0.2, 0.25) is 0 Å². The van der Waals surface area contributed by atoms with Crippen molar-refractivity contribution in [3.63, 3.8) is 0 Å². The number of rotatable bonds is 4. The molecule has 0 bridgehead atoms. The molecule has 2 atom stereocenters. The Labute approximate surface area is 128 Å². The minimum Gasteiger partial charge on any atom is -0.383 e. The number of aromatic nitrogens is 2. The first-order valence-electron chi connectivity index (χ1n) is 5.52. The average molecular weight is 360 g/mol. The third kappa shape index (κ3) is 3.82. The fraction of sp³-hybridized carbons (Fsp3) is 0.273. The Hall–Kier alpha value is -0.830. The minimum atomic E-state index is -0.0400. The summed E-state index contributed by atoms with van der Waals surface area (Å²) in [6.45, 7) is 1.96. The first-order chi connectivity index (χ1) is 8.95. The molecule has 2 aromatic rings. The number of anilines is 2. The molecule has 8 heteroatoms. The van der Waals surface area contributed by atoms with Crippen LogP contribution in [0, 0.1) is 0 Å². The van der Waals surface area contributed by atoms with Gasteiger partial charge in [0.1, 0.15) is 11.6 Å². The molecular weight excluding hydrogens is 346 g/mol. The summed E-state index contributed by atoms with van der Waals surface area (Å²) in [5.41, 5.74) is 17.4. The van der Waals surface area contributed by atoms with E-state index in [0.29, 0.717) is 16.8 Å². The summed E-state index contributed by atoms with van der Waals surface area (Å²) < 4.78 is 1.05. The second kappa shape index (κ2) is 6.08. The van der Waals surface area contributed by atoms with Gasteiger partial charge in [0.25, 0.3) is 0 Å². The highest BCUT2D eigenvalue weighted by Crippen LogP contribution is 2.39. The lowest BCUT2D eigenvalue weighted by Gasteiger charge is -2.18. The normalized spacial score (nSPS) is 14.3. The SMILES string of the molecule is CC(N)C(Sc1nc(N)cc(N)n1)c1cc(Br)cs1. The zero-order chi connectivity index (χ0) is 14.0. The van der Waals surface area contributed by atoms with Crippen molar-refractivity contribution >= 4 is 50.7 Å². The molecule has 0 aliphatic rings. The Morgan fingerprint density at radius 1 is 1.26 bits per heavy atom. The lowest BCUT2D eigenvalue weighted by atomic mass is 10.2. The summed E-state index contributed by atoms with van der Waals surface area (Å²) in [5.74, 6) is 0.733. The maximum Gasteiger partial charge on any atom is 0.192 e. The third-order valence-electron chi connectivity index (χ3n) is 2.32. The predicted octanol–water partition coefficient (Wildman–Crippen LogP) is 2.65. The van der Waals surface area contributed by atoms with E-state index in [1.54, 1.807) is 11.3 Å². The molecule has 2 unspecified atom stereocenters. The lowest BCUT2D eigenvalue weighted by molar-refractivity contribution is 0.726. The van der Waals surface area contributed by atoms with Gasteiger partial charge >= 0.3 is 0 Å². The number of hydrogen-bond donors (Lipinski definition) is 3. The van der Waals surface area contributed by atoms with Gasteiger partial charge in [0, 0.05) is 26.8 Å². The van der Waals surface area contributed by atoms with Gasteiger partial charge in [-0.3, -0.25) is 0 Å². The summed E-state index contributed by atoms with van der Waals surface area (Å²) >= 11 is 6.57. The molecule has 0 saturated heterocycles. The second-order valence-electron chi connectivity index (χ2n) is 4.07. The molecule has 0 amide bonds. The maximum atomic E-state index is 6.05. The molecule has 0 aliphatic heterocycles. The van der Waals surface area contributed by atoms with Crippen LogP contribution in [-0.2, 0) is 0 Å². The van der Waals surface area contributed by atoms with Crippen LogP contribution < -0.4 is 17.2 Å². The number of nitrogens with zero attached hydrogens (tertiary/aromatic N) is 2. The monoisotopic (exact) mass is 359 g/mol. The van der Waals surface area contributed by atoms with Gasteiger partial charge in [-0.25, -0.2) is 9.97 Å². The third-order valence-corrected chi connectivity index (χ3v) is 5.58. The molecule has 102 valence electrons. The molecule has 6 N–H and O–H groups in total. The van der Waals surface area contributed by atoms with Gasteiger partial charge in [0.2, 0.25) is 0 Å². The van der Waals surface area contributed by atoms with Gasteiger partial charge < -0.3 is 17.2 Å². The summed E-state index contributed by atoms with van der Waals surface area (Å²) in [5, 5.41) is 2.64. The highest BCUT2D eigenvalue weighted by Gasteiger charge is 2.21. The molecule has 0 aromatic carbocycles. The second-order valence-corrected chi connectivity index (χ2v) is 7.03. The first kappa shape index (κ1) is 14.6. The zero-order valence-electron chi connectivity index (χ0n) is 10.2. The van der Waals surface area contributed by atoms with Crippen molar-refractivity contribution < 1.29 is 0 Å². The smallest absolute Gasteiger partial charge is 0.192 e. The molecule has 0 radical (unpaired) electrons. The number of nitrogen functional groups attached to an aromatic ring is 2. The molecule has 0 spiro atoms. The van der Waals surface area contributed by atoms with Crippen molar-refractivity contribution in [3.05, 3.63) is 26.9 Å². The largest absolute Gasteiger partial charge is 0.383 e. The summed E-state index contributed by atoms with van der Waals surface area (Å²) in [4.78, 5) is 9.51. The summed E-state index contributed by atoms with van der Waals surface area (Å²) in [6.07, 6.45) is 0. The van der Waals surface area contributed by atoms with Gasteiger partial charge in [-0.15, -0.1) is 11.3 Å². The van der Waals surface area contributed by atoms with Gasteiger partial charge in [0.05, 0.1) is 5.25 Å². The molecule has 19 heavy (non-hydrogen) atoms. The van der Waals surface area contributed by atoms with E-state index in [1.165, 1.54) is 17.8 Å². The fourth-order valence-electron chi connectivity index (χ4n) is 1.53. The van der Waals surface area contributed by atoms with Crippen molar-refractivity contribution in [3.8, 4) is 0 Å². The Balaban J connectivity index is 2.26. The van der Waals surface area contributed by atoms with E-state index < -0.39 is 0 Å². The predicted molar refractivity (Wildman–Crippen MR) is 85.1 cm³/mol. The molecule has 5 nitrogen and oxygen atoms in total. The van der Waals surface area contributed by atoms with E-state index in [4.69, 9.17) is 17.2 Å². The fourth-order valence-corrected chi connectivity index (χ4v) is 4.32. The number of nitrogens with two attached hydrogens (primary N) is 3. The minimum absolute atomic E-state index is 0.0400. The van der Waals surface area contributed by atoms with Crippen LogP contribution in [0.4, 0.5) is 11.6 Å². The highest BCUT2D eigenvalue weighted by atomic mass is 79.9. The van der Waals surface area contributed by atoms with Gasteiger partial charge in [-0.05, 0) is 28.9 Å². The van der Waals surface area contributed by atoms with E-state index in [2.05, 4.69) is 32.0 Å². The van der Waals surface area contributed by atoms with Crippen molar-refractivity contribution in [2.75, 3.05) is 11.5 Å². The van der Waals surface area contributed by atoms with E-state index in [-0.39, 0.29) is 11.3 Å².